The number of benzene rings is 1. The highest BCUT2D eigenvalue weighted by Crippen LogP contribution is 2.20. The Bertz CT molecular complexity index is 592. The van der Waals surface area contributed by atoms with E-state index in [1.807, 2.05) is 0 Å². The van der Waals surface area contributed by atoms with Crippen molar-refractivity contribution in [1.29, 1.82) is 0 Å². The Balaban J connectivity index is 2.41. The zero-order chi connectivity index (χ0) is 13.3. The Labute approximate surface area is 103 Å². The van der Waals surface area contributed by atoms with E-state index in [9.17, 15) is 15.2 Å². The van der Waals surface area contributed by atoms with E-state index in [-0.39, 0.29) is 5.69 Å². The maximum atomic E-state index is 10.6. The molecule has 1 atom stereocenters. The van der Waals surface area contributed by atoms with Crippen LogP contribution in [0.5, 0.6) is 0 Å². The maximum absolute atomic E-state index is 10.6. The first-order valence-corrected chi connectivity index (χ1v) is 5.35. The minimum Gasteiger partial charge on any atom is -0.387 e. The van der Waals surface area contributed by atoms with Gasteiger partial charge in [0.2, 0.25) is 0 Å². The number of nitro groups is 1. The molecule has 1 N–H and O–H groups in total. The molecule has 0 aliphatic carbocycles. The molecule has 1 heterocycles. The zero-order valence-electron chi connectivity index (χ0n) is 9.94. The highest BCUT2D eigenvalue weighted by molar-refractivity contribution is 5.47. The number of nitro benzene ring substituents is 1. The number of aromatic nitrogens is 3. The van der Waals surface area contributed by atoms with Crippen molar-refractivity contribution in [2.24, 2.45) is 0 Å². The Morgan fingerprint density at radius 1 is 1.50 bits per heavy atom. The molecule has 0 saturated heterocycles. The van der Waals surface area contributed by atoms with Gasteiger partial charge in [0.05, 0.1) is 22.9 Å². The van der Waals surface area contributed by atoms with Gasteiger partial charge in [-0.25, -0.2) is 4.68 Å². The van der Waals surface area contributed by atoms with E-state index in [0.717, 1.165) is 0 Å². The van der Waals surface area contributed by atoms with E-state index in [0.29, 0.717) is 16.9 Å². The minimum atomic E-state index is -0.697. The highest BCUT2D eigenvalue weighted by atomic mass is 16.6. The van der Waals surface area contributed by atoms with Crippen LogP contribution in [0.25, 0.3) is 5.69 Å². The maximum Gasteiger partial charge on any atom is 0.269 e. The van der Waals surface area contributed by atoms with E-state index in [1.54, 1.807) is 26.1 Å². The summed E-state index contributed by atoms with van der Waals surface area (Å²) in [6.45, 7) is 3.35. The normalized spacial score (nSPS) is 12.4. The summed E-state index contributed by atoms with van der Waals surface area (Å²) in [6.07, 6.45) is 0.899. The van der Waals surface area contributed by atoms with Crippen molar-refractivity contribution in [2.75, 3.05) is 0 Å². The standard InChI is InChI=1S/C11H12N4O3/c1-7-5-9(15(17)18)3-4-11(7)14-6-10(8(2)16)12-13-14/h3-6,8,16H,1-2H3. The largest absolute Gasteiger partial charge is 0.387 e. The van der Waals surface area contributed by atoms with Crippen molar-refractivity contribution in [3.63, 3.8) is 0 Å². The number of hydrogen-bond acceptors (Lipinski definition) is 5. The molecule has 0 radical (unpaired) electrons. The molecule has 2 aromatic rings. The van der Waals surface area contributed by atoms with E-state index in [4.69, 9.17) is 0 Å². The van der Waals surface area contributed by atoms with Crippen molar-refractivity contribution >= 4 is 5.69 Å². The molecule has 2 rings (SSSR count). The molecule has 1 aromatic carbocycles. The Hall–Kier alpha value is -2.28. The molecule has 0 spiro atoms. The van der Waals surface area contributed by atoms with Crippen LogP contribution in [0.1, 0.15) is 24.3 Å². The van der Waals surface area contributed by atoms with Gasteiger partial charge in [0, 0.05) is 12.1 Å². The second-order valence-corrected chi connectivity index (χ2v) is 3.99. The molecule has 0 aliphatic heterocycles. The van der Waals surface area contributed by atoms with E-state index < -0.39 is 11.0 Å². The summed E-state index contributed by atoms with van der Waals surface area (Å²) in [7, 11) is 0. The Kier molecular flexibility index (Phi) is 3.07. The van der Waals surface area contributed by atoms with Crippen LogP contribution in [0.2, 0.25) is 0 Å². The van der Waals surface area contributed by atoms with Gasteiger partial charge in [0.15, 0.2) is 0 Å². The molecule has 7 heteroatoms. The number of aliphatic hydroxyl groups is 1. The summed E-state index contributed by atoms with van der Waals surface area (Å²) in [4.78, 5) is 10.2. The van der Waals surface area contributed by atoms with Crippen molar-refractivity contribution in [3.05, 3.63) is 45.8 Å². The fourth-order valence-electron chi connectivity index (χ4n) is 1.60. The van der Waals surface area contributed by atoms with E-state index >= 15 is 0 Å². The highest BCUT2D eigenvalue weighted by Gasteiger charge is 2.12. The first kappa shape index (κ1) is 12.2. The van der Waals surface area contributed by atoms with Crippen molar-refractivity contribution in [1.82, 2.24) is 15.0 Å². The fourth-order valence-corrected chi connectivity index (χ4v) is 1.60. The van der Waals surface area contributed by atoms with Crippen LogP contribution < -0.4 is 0 Å². The van der Waals surface area contributed by atoms with E-state index in [1.165, 1.54) is 16.8 Å². The lowest BCUT2D eigenvalue weighted by molar-refractivity contribution is -0.384. The summed E-state index contributed by atoms with van der Waals surface area (Å²) in [6, 6.07) is 4.49. The predicted molar refractivity (Wildman–Crippen MR) is 63.4 cm³/mol. The van der Waals surface area contributed by atoms with Crippen LogP contribution in [0.15, 0.2) is 24.4 Å². The Morgan fingerprint density at radius 2 is 2.22 bits per heavy atom. The van der Waals surface area contributed by atoms with Gasteiger partial charge in [-0.3, -0.25) is 10.1 Å². The van der Waals surface area contributed by atoms with Gasteiger partial charge in [-0.15, -0.1) is 5.10 Å². The van der Waals surface area contributed by atoms with Crippen LogP contribution in [-0.2, 0) is 0 Å². The Morgan fingerprint density at radius 3 is 2.72 bits per heavy atom. The lowest BCUT2D eigenvalue weighted by Gasteiger charge is -2.04. The van der Waals surface area contributed by atoms with Crippen molar-refractivity contribution in [2.45, 2.75) is 20.0 Å². The summed E-state index contributed by atoms with van der Waals surface area (Å²) in [5.41, 5.74) is 1.89. The molecule has 94 valence electrons. The number of aliphatic hydroxyl groups excluding tert-OH is 1. The molecular formula is C11H12N4O3. The first-order chi connectivity index (χ1) is 8.49. The average molecular weight is 248 g/mol. The predicted octanol–water partition coefficient (Wildman–Crippen LogP) is 1.54. The topological polar surface area (TPSA) is 94.1 Å². The molecule has 18 heavy (non-hydrogen) atoms. The quantitative estimate of drug-likeness (QED) is 0.656. The fraction of sp³-hybridized carbons (Fsp3) is 0.273. The molecule has 0 amide bonds. The van der Waals surface area contributed by atoms with Gasteiger partial charge in [0.25, 0.3) is 5.69 Å². The average Bonchev–Trinajstić information content (AvgIpc) is 2.78. The SMILES string of the molecule is Cc1cc([N+](=O)[O-])ccc1-n1cc(C(C)O)nn1. The summed E-state index contributed by atoms with van der Waals surface area (Å²) < 4.78 is 1.49. The van der Waals surface area contributed by atoms with Gasteiger partial charge in [-0.2, -0.15) is 0 Å². The first-order valence-electron chi connectivity index (χ1n) is 5.35. The lowest BCUT2D eigenvalue weighted by Crippen LogP contribution is -1.99. The smallest absolute Gasteiger partial charge is 0.269 e. The van der Waals surface area contributed by atoms with Gasteiger partial charge < -0.3 is 5.11 Å². The lowest BCUT2D eigenvalue weighted by atomic mass is 10.2. The molecule has 0 saturated carbocycles. The molecule has 1 aromatic heterocycles. The number of nitrogens with zero attached hydrogens (tertiary/aromatic N) is 4. The van der Waals surface area contributed by atoms with Gasteiger partial charge in [-0.05, 0) is 25.5 Å². The molecule has 7 nitrogen and oxygen atoms in total. The van der Waals surface area contributed by atoms with Crippen molar-refractivity contribution in [3.8, 4) is 5.69 Å². The zero-order valence-corrected chi connectivity index (χ0v) is 9.94. The van der Waals surface area contributed by atoms with Crippen LogP contribution >= 0.6 is 0 Å². The van der Waals surface area contributed by atoms with E-state index in [2.05, 4.69) is 10.3 Å². The third-order valence-corrected chi connectivity index (χ3v) is 2.58. The molecular weight excluding hydrogens is 236 g/mol. The second kappa shape index (κ2) is 4.53. The second-order valence-electron chi connectivity index (χ2n) is 3.99. The van der Waals surface area contributed by atoms with Crippen LogP contribution in [0.3, 0.4) is 0 Å². The summed E-state index contributed by atoms with van der Waals surface area (Å²) in [5.74, 6) is 0. The third-order valence-electron chi connectivity index (χ3n) is 2.58. The molecule has 0 aliphatic rings. The summed E-state index contributed by atoms with van der Waals surface area (Å²) >= 11 is 0. The van der Waals surface area contributed by atoms with Crippen molar-refractivity contribution < 1.29 is 10.0 Å². The molecule has 0 fully saturated rings. The van der Waals surface area contributed by atoms with Crippen LogP contribution in [-0.4, -0.2) is 25.0 Å². The minimum absolute atomic E-state index is 0.0344. The monoisotopic (exact) mass is 248 g/mol. The van der Waals surface area contributed by atoms with Crippen LogP contribution in [0.4, 0.5) is 5.69 Å². The van der Waals surface area contributed by atoms with Crippen LogP contribution in [0, 0.1) is 17.0 Å². The number of aryl methyl sites for hydroxylation is 1. The number of rotatable bonds is 3. The van der Waals surface area contributed by atoms with Gasteiger partial charge in [-0.1, -0.05) is 5.21 Å². The number of non-ortho nitro benzene ring substituents is 1. The third kappa shape index (κ3) is 2.21. The number of hydrogen-bond donors (Lipinski definition) is 1. The van der Waals surface area contributed by atoms with Gasteiger partial charge in [0.1, 0.15) is 5.69 Å². The molecule has 0 bridgehead atoms. The molecule has 1 unspecified atom stereocenters. The summed E-state index contributed by atoms with van der Waals surface area (Å²) in [5, 5.41) is 27.7. The van der Waals surface area contributed by atoms with Gasteiger partial charge >= 0.3 is 0 Å².